The molecule has 120 valence electrons. The maximum atomic E-state index is 12.4. The Morgan fingerprint density at radius 1 is 1.09 bits per heavy atom. The molecule has 0 aromatic heterocycles. The lowest BCUT2D eigenvalue weighted by molar-refractivity contribution is 0.242. The van der Waals surface area contributed by atoms with E-state index in [9.17, 15) is 4.79 Å². The van der Waals surface area contributed by atoms with Crippen molar-refractivity contribution < 1.29 is 14.3 Å². The third-order valence-corrected chi connectivity index (χ3v) is 4.36. The van der Waals surface area contributed by atoms with Crippen LogP contribution in [0.15, 0.2) is 47.4 Å². The minimum Gasteiger partial charge on any atom is -0.497 e. The molecule has 3 rings (SSSR count). The number of rotatable bonds is 4. The van der Waals surface area contributed by atoms with Gasteiger partial charge in [-0.1, -0.05) is 0 Å². The fraction of sp³-hybridized carbons (Fsp3) is 0.235. The van der Waals surface area contributed by atoms with Crippen LogP contribution < -0.4 is 19.1 Å². The van der Waals surface area contributed by atoms with E-state index in [0.29, 0.717) is 0 Å². The number of benzene rings is 2. The van der Waals surface area contributed by atoms with Crippen LogP contribution in [0.25, 0.3) is 0 Å². The van der Waals surface area contributed by atoms with Crippen molar-refractivity contribution in [2.24, 2.45) is 0 Å². The average molecular weight is 330 g/mol. The van der Waals surface area contributed by atoms with Crippen molar-refractivity contribution >= 4 is 29.4 Å². The van der Waals surface area contributed by atoms with Crippen LogP contribution in [0.2, 0.25) is 0 Å². The minimum atomic E-state index is -0.186. The van der Waals surface area contributed by atoms with Crippen molar-refractivity contribution in [3.63, 3.8) is 0 Å². The Balaban J connectivity index is 1.84. The number of fused-ring (bicyclic) bond motifs is 1. The summed E-state index contributed by atoms with van der Waals surface area (Å²) in [6.07, 6.45) is 0.0933. The van der Waals surface area contributed by atoms with Crippen molar-refractivity contribution in [2.75, 3.05) is 16.7 Å². The average Bonchev–Trinajstić information content (AvgIpc) is 2.54. The topological polar surface area (TPSA) is 50.8 Å². The lowest BCUT2D eigenvalue weighted by Crippen LogP contribution is -2.32. The molecule has 0 fully saturated rings. The molecule has 1 N–H and O–H groups in total. The molecule has 23 heavy (non-hydrogen) atoms. The van der Waals surface area contributed by atoms with Crippen LogP contribution in [0.4, 0.5) is 16.2 Å². The minimum absolute atomic E-state index is 0.0933. The summed E-state index contributed by atoms with van der Waals surface area (Å²) in [6.45, 7) is 3.94. The van der Waals surface area contributed by atoms with Crippen LogP contribution in [0.1, 0.15) is 13.8 Å². The lowest BCUT2D eigenvalue weighted by atomic mass is 10.3. The second-order valence-electron chi connectivity index (χ2n) is 5.34. The predicted molar refractivity (Wildman–Crippen MR) is 92.6 cm³/mol. The molecule has 1 heterocycles. The van der Waals surface area contributed by atoms with Gasteiger partial charge in [-0.3, -0.25) is 0 Å². The van der Waals surface area contributed by atoms with Gasteiger partial charge in [0.05, 0.1) is 29.5 Å². The first kappa shape index (κ1) is 15.6. The van der Waals surface area contributed by atoms with Crippen molar-refractivity contribution in [1.29, 1.82) is 0 Å². The number of hydrogen-bond acceptors (Lipinski definition) is 4. The summed E-state index contributed by atoms with van der Waals surface area (Å²) in [5, 5.41) is 2.91. The Morgan fingerprint density at radius 3 is 2.43 bits per heavy atom. The highest BCUT2D eigenvalue weighted by molar-refractivity contribution is 8.01. The Bertz CT molecular complexity index is 716. The van der Waals surface area contributed by atoms with Crippen molar-refractivity contribution in [3.05, 3.63) is 42.5 Å². The van der Waals surface area contributed by atoms with Crippen LogP contribution in [-0.4, -0.2) is 19.2 Å². The third-order valence-electron chi connectivity index (χ3n) is 3.25. The molecule has 0 saturated heterocycles. The number of nitrogens with zero attached hydrogens (tertiary/aromatic N) is 1. The number of carbonyl (C=O) groups is 1. The number of hydrogen-bond donors (Lipinski definition) is 1. The standard InChI is InChI=1S/C17H18N2O3S/c1-11(2)22-14-8-9-16-15(10-14)18-17(20)19(23-16)12-4-6-13(21-3)7-5-12/h4-11H,1-3H3,(H,18,20). The predicted octanol–water partition coefficient (Wildman–Crippen LogP) is 4.54. The van der Waals surface area contributed by atoms with E-state index in [2.05, 4.69) is 5.32 Å². The van der Waals surface area contributed by atoms with E-state index in [1.807, 2.05) is 56.3 Å². The van der Waals surface area contributed by atoms with Crippen molar-refractivity contribution in [2.45, 2.75) is 24.8 Å². The highest BCUT2D eigenvalue weighted by atomic mass is 32.2. The van der Waals surface area contributed by atoms with Gasteiger partial charge >= 0.3 is 6.03 Å². The highest BCUT2D eigenvalue weighted by Crippen LogP contribution is 2.40. The zero-order chi connectivity index (χ0) is 16.4. The second kappa shape index (κ2) is 6.42. The Hall–Kier alpha value is -2.34. The molecule has 5 nitrogen and oxygen atoms in total. The number of ether oxygens (including phenoxy) is 2. The van der Waals surface area contributed by atoms with Gasteiger partial charge in [-0.25, -0.2) is 9.10 Å². The first-order valence-electron chi connectivity index (χ1n) is 7.30. The monoisotopic (exact) mass is 330 g/mol. The number of urea groups is 1. The molecule has 0 radical (unpaired) electrons. The molecule has 0 atom stereocenters. The SMILES string of the molecule is COc1ccc(N2Sc3ccc(OC(C)C)cc3NC2=O)cc1. The number of anilines is 2. The van der Waals surface area contributed by atoms with Gasteiger partial charge in [-0.05, 0) is 62.2 Å². The summed E-state index contributed by atoms with van der Waals surface area (Å²) in [4.78, 5) is 13.3. The fourth-order valence-electron chi connectivity index (χ4n) is 2.23. The molecule has 0 unspecified atom stereocenters. The van der Waals surface area contributed by atoms with Gasteiger partial charge in [0, 0.05) is 6.07 Å². The fourth-order valence-corrected chi connectivity index (χ4v) is 3.11. The zero-order valence-electron chi connectivity index (χ0n) is 13.2. The summed E-state index contributed by atoms with van der Waals surface area (Å²) < 4.78 is 12.4. The van der Waals surface area contributed by atoms with E-state index in [1.165, 1.54) is 11.9 Å². The van der Waals surface area contributed by atoms with Crippen LogP contribution in [-0.2, 0) is 0 Å². The molecule has 1 aliphatic rings. The van der Waals surface area contributed by atoms with Crippen LogP contribution in [0.3, 0.4) is 0 Å². The molecule has 0 bridgehead atoms. The van der Waals surface area contributed by atoms with E-state index in [1.54, 1.807) is 11.4 Å². The maximum Gasteiger partial charge on any atom is 0.336 e. The van der Waals surface area contributed by atoms with E-state index in [-0.39, 0.29) is 12.1 Å². The summed E-state index contributed by atoms with van der Waals surface area (Å²) in [7, 11) is 1.62. The summed E-state index contributed by atoms with van der Waals surface area (Å²) in [5.74, 6) is 1.50. The molecular formula is C17H18N2O3S. The number of nitrogens with one attached hydrogen (secondary N) is 1. The highest BCUT2D eigenvalue weighted by Gasteiger charge is 2.25. The van der Waals surface area contributed by atoms with E-state index in [0.717, 1.165) is 27.8 Å². The molecule has 0 saturated carbocycles. The quantitative estimate of drug-likeness (QED) is 0.836. The van der Waals surface area contributed by atoms with Crippen LogP contribution >= 0.6 is 11.9 Å². The molecule has 1 aliphatic heterocycles. The van der Waals surface area contributed by atoms with Gasteiger partial charge in [0.15, 0.2) is 0 Å². The van der Waals surface area contributed by atoms with Gasteiger partial charge in [0.25, 0.3) is 0 Å². The van der Waals surface area contributed by atoms with Gasteiger partial charge in [0.2, 0.25) is 0 Å². The molecule has 2 aromatic carbocycles. The molecule has 2 aromatic rings. The Labute approximate surface area is 139 Å². The second-order valence-corrected chi connectivity index (χ2v) is 6.33. The molecule has 0 aliphatic carbocycles. The van der Waals surface area contributed by atoms with Gasteiger partial charge in [0.1, 0.15) is 11.5 Å². The van der Waals surface area contributed by atoms with E-state index < -0.39 is 0 Å². The van der Waals surface area contributed by atoms with Gasteiger partial charge in [-0.15, -0.1) is 0 Å². The molecule has 0 spiro atoms. The first-order chi connectivity index (χ1) is 11.1. The smallest absolute Gasteiger partial charge is 0.336 e. The van der Waals surface area contributed by atoms with Gasteiger partial charge < -0.3 is 14.8 Å². The molecular weight excluding hydrogens is 312 g/mol. The van der Waals surface area contributed by atoms with Crippen LogP contribution in [0.5, 0.6) is 11.5 Å². The number of amides is 2. The molecule has 2 amide bonds. The first-order valence-corrected chi connectivity index (χ1v) is 8.08. The number of methoxy groups -OCH3 is 1. The normalized spacial score (nSPS) is 13.6. The van der Waals surface area contributed by atoms with Crippen LogP contribution in [0, 0.1) is 0 Å². The van der Waals surface area contributed by atoms with Crippen molar-refractivity contribution in [3.8, 4) is 11.5 Å². The summed E-state index contributed by atoms with van der Waals surface area (Å²) in [5.41, 5.74) is 1.56. The molecule has 6 heteroatoms. The summed E-state index contributed by atoms with van der Waals surface area (Å²) >= 11 is 1.38. The Kier molecular flexibility index (Phi) is 4.34. The largest absolute Gasteiger partial charge is 0.497 e. The van der Waals surface area contributed by atoms with E-state index in [4.69, 9.17) is 9.47 Å². The third kappa shape index (κ3) is 3.37. The number of carbonyl (C=O) groups excluding carboxylic acids is 1. The lowest BCUT2D eigenvalue weighted by Gasteiger charge is -2.28. The van der Waals surface area contributed by atoms with Gasteiger partial charge in [-0.2, -0.15) is 0 Å². The maximum absolute atomic E-state index is 12.4. The van der Waals surface area contributed by atoms with Crippen molar-refractivity contribution in [1.82, 2.24) is 0 Å². The Morgan fingerprint density at radius 2 is 1.78 bits per heavy atom. The summed E-state index contributed by atoms with van der Waals surface area (Å²) in [6, 6.07) is 12.9. The zero-order valence-corrected chi connectivity index (χ0v) is 14.0. The van der Waals surface area contributed by atoms with E-state index >= 15 is 0 Å².